The molecule has 1 heterocycles. The van der Waals surface area contributed by atoms with Gasteiger partial charge in [0.1, 0.15) is 18.0 Å². The topological polar surface area (TPSA) is 96.4 Å². The third kappa shape index (κ3) is 6.90. The monoisotopic (exact) mass is 567 g/mol. The van der Waals surface area contributed by atoms with Gasteiger partial charge in [0.15, 0.2) is 0 Å². The van der Waals surface area contributed by atoms with Crippen molar-refractivity contribution >= 4 is 17.8 Å². The zero-order valence-corrected chi connectivity index (χ0v) is 24.2. The Hall–Kier alpha value is -4.81. The van der Waals surface area contributed by atoms with E-state index in [-0.39, 0.29) is 49.7 Å². The van der Waals surface area contributed by atoms with Crippen LogP contribution in [-0.2, 0) is 22.6 Å². The van der Waals surface area contributed by atoms with Crippen molar-refractivity contribution < 1.29 is 19.5 Å². The molecule has 1 saturated heterocycles. The van der Waals surface area contributed by atoms with Crippen molar-refractivity contribution in [3.8, 4) is 18.1 Å². The van der Waals surface area contributed by atoms with E-state index in [2.05, 4.69) is 11.2 Å². The molecular formula is C33H37N5O4. The van der Waals surface area contributed by atoms with Gasteiger partial charge in [-0.25, -0.2) is 9.80 Å². The Morgan fingerprint density at radius 3 is 2.26 bits per heavy atom. The molecule has 3 atom stereocenters. The van der Waals surface area contributed by atoms with E-state index in [1.807, 2.05) is 67.6 Å². The van der Waals surface area contributed by atoms with Crippen LogP contribution >= 0.6 is 0 Å². The molecule has 0 aliphatic carbocycles. The van der Waals surface area contributed by atoms with Gasteiger partial charge in [-0.1, -0.05) is 78.7 Å². The fourth-order valence-electron chi connectivity index (χ4n) is 5.24. The van der Waals surface area contributed by atoms with Crippen LogP contribution in [0, 0.1) is 12.3 Å². The minimum Gasteiger partial charge on any atom is -0.508 e. The Morgan fingerprint density at radius 1 is 1.02 bits per heavy atom. The third-order valence-electron chi connectivity index (χ3n) is 7.63. The van der Waals surface area contributed by atoms with Gasteiger partial charge < -0.3 is 20.2 Å². The van der Waals surface area contributed by atoms with Crippen molar-refractivity contribution in [3.63, 3.8) is 0 Å². The first-order valence-electron chi connectivity index (χ1n) is 13.9. The molecule has 0 saturated carbocycles. The summed E-state index contributed by atoms with van der Waals surface area (Å²) >= 11 is 0. The van der Waals surface area contributed by atoms with Crippen molar-refractivity contribution in [2.75, 3.05) is 20.1 Å². The van der Waals surface area contributed by atoms with Gasteiger partial charge in [-0.15, -0.1) is 6.42 Å². The molecule has 218 valence electrons. The summed E-state index contributed by atoms with van der Waals surface area (Å²) in [6, 6.07) is 24.1. The number of hydrazine groups is 1. The van der Waals surface area contributed by atoms with E-state index in [0.717, 1.165) is 16.7 Å². The van der Waals surface area contributed by atoms with Gasteiger partial charge in [-0.3, -0.25) is 9.59 Å². The number of amides is 4. The Labute approximate surface area is 247 Å². The highest BCUT2D eigenvalue weighted by Crippen LogP contribution is 2.27. The number of nitrogens with one attached hydrogen (secondary N) is 1. The number of nitrogens with zero attached hydrogens (tertiary/aromatic N) is 4. The molecule has 1 fully saturated rings. The van der Waals surface area contributed by atoms with Crippen LogP contribution in [-0.4, -0.2) is 75.1 Å². The predicted octanol–water partition coefficient (Wildman–Crippen LogP) is 3.77. The number of likely N-dealkylation sites (N-methyl/N-ethyl adjacent to an activating group) is 1. The second-order valence-electron chi connectivity index (χ2n) is 10.4. The summed E-state index contributed by atoms with van der Waals surface area (Å²) in [7, 11) is 1.72. The lowest BCUT2D eigenvalue weighted by atomic mass is 10.00. The highest BCUT2D eigenvalue weighted by Gasteiger charge is 2.45. The Kier molecular flexibility index (Phi) is 9.84. The minimum atomic E-state index is -0.925. The van der Waals surface area contributed by atoms with E-state index in [4.69, 9.17) is 6.42 Å². The SMILES string of the molecule is C#CCN1CC(=O)N([C@@H](Cc2ccc(O)cc2)C(=O)N(C)[C@@H](C)c2ccccc2)[C@H](C)N1C(=O)NCc1ccccc1. The number of aromatic hydroxyl groups is 1. The molecule has 4 rings (SSSR count). The van der Waals surface area contributed by atoms with Gasteiger partial charge >= 0.3 is 6.03 Å². The van der Waals surface area contributed by atoms with Gasteiger partial charge in [0.05, 0.1) is 19.1 Å². The number of phenolic OH excluding ortho intramolecular Hbond substituents is 1. The lowest BCUT2D eigenvalue weighted by Gasteiger charge is -2.50. The molecule has 0 aromatic heterocycles. The number of carbonyl (C=O) groups is 3. The van der Waals surface area contributed by atoms with Crippen LogP contribution in [0.25, 0.3) is 0 Å². The van der Waals surface area contributed by atoms with Gasteiger partial charge in [0.25, 0.3) is 0 Å². The zero-order chi connectivity index (χ0) is 30.2. The minimum absolute atomic E-state index is 0.0458. The quantitative estimate of drug-likeness (QED) is 0.384. The fraction of sp³-hybridized carbons (Fsp3) is 0.303. The summed E-state index contributed by atoms with van der Waals surface area (Å²) in [6.45, 7) is 3.83. The predicted molar refractivity (Wildman–Crippen MR) is 160 cm³/mol. The van der Waals surface area contributed by atoms with E-state index >= 15 is 0 Å². The molecule has 1 aliphatic rings. The zero-order valence-electron chi connectivity index (χ0n) is 24.2. The maximum Gasteiger partial charge on any atom is 0.334 e. The normalized spacial score (nSPS) is 16.8. The van der Waals surface area contributed by atoms with E-state index < -0.39 is 18.2 Å². The van der Waals surface area contributed by atoms with Crippen LogP contribution in [0.1, 0.15) is 36.6 Å². The van der Waals surface area contributed by atoms with E-state index in [1.165, 1.54) is 14.9 Å². The van der Waals surface area contributed by atoms with Crippen molar-refractivity contribution in [1.82, 2.24) is 25.1 Å². The third-order valence-corrected chi connectivity index (χ3v) is 7.63. The molecular weight excluding hydrogens is 530 g/mol. The Morgan fingerprint density at radius 2 is 1.64 bits per heavy atom. The lowest BCUT2D eigenvalue weighted by molar-refractivity contribution is -0.173. The van der Waals surface area contributed by atoms with Crippen LogP contribution in [0.5, 0.6) is 5.75 Å². The second-order valence-corrected chi connectivity index (χ2v) is 10.4. The summed E-state index contributed by atoms with van der Waals surface area (Å²) in [5.74, 6) is 2.05. The van der Waals surface area contributed by atoms with Gasteiger partial charge in [0.2, 0.25) is 11.8 Å². The number of terminal acetylenes is 1. The van der Waals surface area contributed by atoms with Crippen LogP contribution in [0.4, 0.5) is 4.79 Å². The molecule has 3 aromatic carbocycles. The molecule has 42 heavy (non-hydrogen) atoms. The highest BCUT2D eigenvalue weighted by molar-refractivity contribution is 5.90. The van der Waals surface area contributed by atoms with Crippen molar-refractivity contribution in [3.05, 3.63) is 102 Å². The molecule has 0 unspecified atom stereocenters. The van der Waals surface area contributed by atoms with Crippen LogP contribution in [0.2, 0.25) is 0 Å². The molecule has 9 nitrogen and oxygen atoms in total. The second kappa shape index (κ2) is 13.7. The summed E-state index contributed by atoms with van der Waals surface area (Å²) in [4.78, 5) is 44.7. The molecule has 0 bridgehead atoms. The summed E-state index contributed by atoms with van der Waals surface area (Å²) in [6.07, 6.45) is 4.98. The number of hydrogen-bond donors (Lipinski definition) is 2. The summed E-state index contributed by atoms with van der Waals surface area (Å²) in [5, 5.41) is 15.7. The number of urea groups is 1. The van der Waals surface area contributed by atoms with Crippen molar-refractivity contribution in [1.29, 1.82) is 0 Å². The summed E-state index contributed by atoms with van der Waals surface area (Å²) in [5.41, 5.74) is 2.64. The van der Waals surface area contributed by atoms with E-state index in [0.29, 0.717) is 0 Å². The highest BCUT2D eigenvalue weighted by atomic mass is 16.3. The summed E-state index contributed by atoms with van der Waals surface area (Å²) < 4.78 is 0. The Bertz CT molecular complexity index is 1410. The van der Waals surface area contributed by atoms with Crippen LogP contribution in [0.15, 0.2) is 84.9 Å². The van der Waals surface area contributed by atoms with E-state index in [9.17, 15) is 19.5 Å². The first-order valence-corrected chi connectivity index (χ1v) is 13.9. The van der Waals surface area contributed by atoms with Crippen molar-refractivity contribution in [2.24, 2.45) is 0 Å². The molecule has 0 radical (unpaired) electrons. The first kappa shape index (κ1) is 30.2. The number of rotatable bonds is 9. The molecule has 4 amide bonds. The van der Waals surface area contributed by atoms with Crippen molar-refractivity contribution in [2.45, 2.75) is 45.1 Å². The molecule has 3 aromatic rings. The Balaban J connectivity index is 1.66. The molecule has 0 spiro atoms. The fourth-order valence-corrected chi connectivity index (χ4v) is 5.24. The van der Waals surface area contributed by atoms with Crippen LogP contribution < -0.4 is 5.32 Å². The van der Waals surface area contributed by atoms with E-state index in [1.54, 1.807) is 43.1 Å². The van der Waals surface area contributed by atoms with Gasteiger partial charge in [0, 0.05) is 20.0 Å². The standard InChI is InChI=1S/C33H37N5O4/c1-5-20-36-23-31(40)37(25(3)38(36)33(42)34-22-27-12-8-6-9-13-27)30(21-26-16-18-29(39)19-17-26)32(41)35(4)24(2)28-14-10-7-11-15-28/h1,6-19,24-25,30,39H,20-23H2,2-4H3,(H,34,42)/t24-,25-,30-/m0/s1. The largest absolute Gasteiger partial charge is 0.508 e. The maximum absolute atomic E-state index is 14.2. The first-order chi connectivity index (χ1) is 20.2. The molecule has 1 aliphatic heterocycles. The lowest BCUT2D eigenvalue weighted by Crippen LogP contribution is -2.70. The average Bonchev–Trinajstić information content (AvgIpc) is 3.00. The number of carbonyl (C=O) groups excluding carboxylic acids is 3. The molecule has 9 heteroatoms. The smallest absolute Gasteiger partial charge is 0.334 e. The van der Waals surface area contributed by atoms with Crippen LogP contribution in [0.3, 0.4) is 0 Å². The maximum atomic E-state index is 14.2. The van der Waals surface area contributed by atoms with Gasteiger partial charge in [-0.05, 0) is 42.7 Å². The number of hydrogen-bond acceptors (Lipinski definition) is 5. The number of benzene rings is 3. The van der Waals surface area contributed by atoms with Gasteiger partial charge in [-0.2, -0.15) is 5.01 Å². The average molecular weight is 568 g/mol. The number of phenols is 1. The molecule has 2 N–H and O–H groups in total.